The van der Waals surface area contributed by atoms with E-state index in [1.807, 2.05) is 23.9 Å². The standard InChI is InChI=1S/C14H23NOS/c1-4-11(2)17-10-13(15)8-12-6-5-7-14(9-12)16-3/h5-7,9,11,13H,4,8,10,15H2,1-3H3. The smallest absolute Gasteiger partial charge is 0.119 e. The number of ether oxygens (including phenoxy) is 1. The van der Waals surface area contributed by atoms with E-state index >= 15 is 0 Å². The van der Waals surface area contributed by atoms with Crippen LogP contribution in [0.5, 0.6) is 5.75 Å². The van der Waals surface area contributed by atoms with Crippen molar-refractivity contribution in [2.45, 2.75) is 38.0 Å². The van der Waals surface area contributed by atoms with Gasteiger partial charge in [-0.05, 0) is 30.5 Å². The van der Waals surface area contributed by atoms with Crippen LogP contribution in [-0.4, -0.2) is 24.2 Å². The minimum Gasteiger partial charge on any atom is -0.497 e. The van der Waals surface area contributed by atoms with Crippen LogP contribution in [0, 0.1) is 0 Å². The third kappa shape index (κ3) is 5.46. The van der Waals surface area contributed by atoms with Gasteiger partial charge in [-0.3, -0.25) is 0 Å². The summed E-state index contributed by atoms with van der Waals surface area (Å²) >= 11 is 1.96. The molecule has 2 N–H and O–H groups in total. The largest absolute Gasteiger partial charge is 0.497 e. The van der Waals surface area contributed by atoms with Crippen molar-refractivity contribution in [3.63, 3.8) is 0 Å². The summed E-state index contributed by atoms with van der Waals surface area (Å²) in [6.07, 6.45) is 2.12. The topological polar surface area (TPSA) is 35.2 Å². The van der Waals surface area contributed by atoms with E-state index in [4.69, 9.17) is 10.5 Å². The minimum absolute atomic E-state index is 0.223. The predicted molar refractivity (Wildman–Crippen MR) is 76.9 cm³/mol. The molecule has 0 aliphatic heterocycles. The molecule has 96 valence electrons. The molecule has 0 saturated carbocycles. The van der Waals surface area contributed by atoms with Gasteiger partial charge in [-0.2, -0.15) is 11.8 Å². The zero-order chi connectivity index (χ0) is 12.7. The summed E-state index contributed by atoms with van der Waals surface area (Å²) in [4.78, 5) is 0. The van der Waals surface area contributed by atoms with Crippen molar-refractivity contribution < 1.29 is 4.74 Å². The molecule has 0 aliphatic rings. The van der Waals surface area contributed by atoms with Gasteiger partial charge in [0.1, 0.15) is 5.75 Å². The number of methoxy groups -OCH3 is 1. The maximum atomic E-state index is 6.14. The summed E-state index contributed by atoms with van der Waals surface area (Å²) in [6.45, 7) is 4.47. The van der Waals surface area contributed by atoms with E-state index in [1.54, 1.807) is 7.11 Å². The Balaban J connectivity index is 2.41. The van der Waals surface area contributed by atoms with Crippen LogP contribution in [0.25, 0.3) is 0 Å². The highest BCUT2D eigenvalue weighted by atomic mass is 32.2. The Morgan fingerprint density at radius 1 is 1.41 bits per heavy atom. The molecule has 0 aliphatic carbocycles. The summed E-state index contributed by atoms with van der Waals surface area (Å²) in [6, 6.07) is 8.37. The lowest BCUT2D eigenvalue weighted by Crippen LogP contribution is -2.26. The van der Waals surface area contributed by atoms with Gasteiger partial charge in [0.2, 0.25) is 0 Å². The molecule has 0 bridgehead atoms. The van der Waals surface area contributed by atoms with E-state index in [0.717, 1.165) is 17.9 Å². The van der Waals surface area contributed by atoms with Gasteiger partial charge in [-0.15, -0.1) is 0 Å². The monoisotopic (exact) mass is 253 g/mol. The fourth-order valence-electron chi connectivity index (χ4n) is 1.57. The van der Waals surface area contributed by atoms with Crippen LogP contribution in [0.15, 0.2) is 24.3 Å². The fraction of sp³-hybridized carbons (Fsp3) is 0.571. The quantitative estimate of drug-likeness (QED) is 0.811. The molecular weight excluding hydrogens is 230 g/mol. The molecule has 1 aromatic rings. The Morgan fingerprint density at radius 3 is 2.82 bits per heavy atom. The van der Waals surface area contributed by atoms with Gasteiger partial charge >= 0.3 is 0 Å². The number of hydrogen-bond acceptors (Lipinski definition) is 3. The van der Waals surface area contributed by atoms with Crippen LogP contribution in [0.1, 0.15) is 25.8 Å². The number of thioether (sulfide) groups is 1. The molecule has 1 aromatic carbocycles. The second-order valence-electron chi connectivity index (χ2n) is 4.37. The molecule has 1 rings (SSSR count). The molecule has 0 heterocycles. The normalized spacial score (nSPS) is 14.4. The van der Waals surface area contributed by atoms with E-state index < -0.39 is 0 Å². The maximum absolute atomic E-state index is 6.14. The predicted octanol–water partition coefficient (Wildman–Crippen LogP) is 3.10. The lowest BCUT2D eigenvalue weighted by Gasteiger charge is -2.14. The Kier molecular flexibility index (Phi) is 6.45. The Morgan fingerprint density at radius 2 is 2.18 bits per heavy atom. The Labute approximate surface area is 109 Å². The highest BCUT2D eigenvalue weighted by Crippen LogP contribution is 2.17. The molecule has 3 heteroatoms. The number of hydrogen-bond donors (Lipinski definition) is 1. The molecule has 0 radical (unpaired) electrons. The second kappa shape index (κ2) is 7.62. The Bertz CT molecular complexity index is 330. The van der Waals surface area contributed by atoms with Gasteiger partial charge in [-0.1, -0.05) is 26.0 Å². The van der Waals surface area contributed by atoms with E-state index in [-0.39, 0.29) is 6.04 Å². The first kappa shape index (κ1) is 14.4. The molecule has 0 aromatic heterocycles. The second-order valence-corrected chi connectivity index (χ2v) is 5.84. The van der Waals surface area contributed by atoms with Crippen LogP contribution < -0.4 is 10.5 Å². The summed E-state index contributed by atoms with van der Waals surface area (Å²) in [5.41, 5.74) is 7.39. The van der Waals surface area contributed by atoms with Gasteiger partial charge < -0.3 is 10.5 Å². The molecule has 17 heavy (non-hydrogen) atoms. The van der Waals surface area contributed by atoms with Crippen molar-refractivity contribution >= 4 is 11.8 Å². The average Bonchev–Trinajstić information content (AvgIpc) is 2.36. The molecule has 2 unspecified atom stereocenters. The summed E-state index contributed by atoms with van der Waals surface area (Å²) in [7, 11) is 1.69. The number of rotatable bonds is 7. The van der Waals surface area contributed by atoms with Gasteiger partial charge in [0.05, 0.1) is 7.11 Å². The van der Waals surface area contributed by atoms with Crippen molar-refractivity contribution in [2.75, 3.05) is 12.9 Å². The molecule has 2 atom stereocenters. The molecule has 0 saturated heterocycles. The van der Waals surface area contributed by atoms with Crippen molar-refractivity contribution in [2.24, 2.45) is 5.73 Å². The van der Waals surface area contributed by atoms with Crippen molar-refractivity contribution in [1.29, 1.82) is 0 Å². The van der Waals surface area contributed by atoms with E-state index in [0.29, 0.717) is 5.25 Å². The summed E-state index contributed by atoms with van der Waals surface area (Å²) in [5.74, 6) is 1.93. The fourth-order valence-corrected chi connectivity index (χ4v) is 2.50. The zero-order valence-corrected chi connectivity index (χ0v) is 11.8. The number of nitrogens with two attached hydrogens (primary N) is 1. The van der Waals surface area contributed by atoms with Gasteiger partial charge in [0.15, 0.2) is 0 Å². The van der Waals surface area contributed by atoms with Crippen LogP contribution >= 0.6 is 11.8 Å². The van der Waals surface area contributed by atoms with Gasteiger partial charge in [-0.25, -0.2) is 0 Å². The summed E-state index contributed by atoms with van der Waals surface area (Å²) in [5, 5.41) is 0.700. The molecule has 0 fully saturated rings. The van der Waals surface area contributed by atoms with Gasteiger partial charge in [0, 0.05) is 17.0 Å². The lowest BCUT2D eigenvalue weighted by molar-refractivity contribution is 0.414. The third-order valence-corrected chi connectivity index (χ3v) is 4.32. The molecular formula is C14H23NOS. The van der Waals surface area contributed by atoms with Gasteiger partial charge in [0.25, 0.3) is 0 Å². The SMILES string of the molecule is CCC(C)SCC(N)Cc1cccc(OC)c1. The number of benzene rings is 1. The van der Waals surface area contributed by atoms with Crippen molar-refractivity contribution in [3.05, 3.63) is 29.8 Å². The van der Waals surface area contributed by atoms with Crippen LogP contribution in [0.4, 0.5) is 0 Å². The Hall–Kier alpha value is -0.670. The van der Waals surface area contributed by atoms with Crippen molar-refractivity contribution in [1.82, 2.24) is 0 Å². The van der Waals surface area contributed by atoms with E-state index in [1.165, 1.54) is 12.0 Å². The van der Waals surface area contributed by atoms with Crippen LogP contribution in [0.3, 0.4) is 0 Å². The lowest BCUT2D eigenvalue weighted by atomic mass is 10.1. The third-order valence-electron chi connectivity index (χ3n) is 2.80. The highest BCUT2D eigenvalue weighted by Gasteiger charge is 2.07. The molecule has 0 spiro atoms. The van der Waals surface area contributed by atoms with E-state index in [2.05, 4.69) is 26.0 Å². The average molecular weight is 253 g/mol. The summed E-state index contributed by atoms with van der Waals surface area (Å²) < 4.78 is 5.21. The van der Waals surface area contributed by atoms with Crippen LogP contribution in [0.2, 0.25) is 0 Å². The highest BCUT2D eigenvalue weighted by molar-refractivity contribution is 7.99. The van der Waals surface area contributed by atoms with Crippen LogP contribution in [-0.2, 0) is 6.42 Å². The molecule has 2 nitrogen and oxygen atoms in total. The first-order chi connectivity index (χ1) is 8.15. The first-order valence-electron chi connectivity index (χ1n) is 6.15. The zero-order valence-electron chi connectivity index (χ0n) is 11.0. The first-order valence-corrected chi connectivity index (χ1v) is 7.20. The van der Waals surface area contributed by atoms with Crippen molar-refractivity contribution in [3.8, 4) is 5.75 Å². The molecule has 0 amide bonds. The van der Waals surface area contributed by atoms with E-state index in [9.17, 15) is 0 Å². The minimum atomic E-state index is 0.223. The maximum Gasteiger partial charge on any atom is 0.119 e.